The van der Waals surface area contributed by atoms with Gasteiger partial charge >= 0.3 is 11.9 Å². The van der Waals surface area contributed by atoms with Crippen molar-refractivity contribution in [3.63, 3.8) is 0 Å². The van der Waals surface area contributed by atoms with Gasteiger partial charge in [0.25, 0.3) is 0 Å². The molecule has 3 aromatic rings. The number of esters is 2. The van der Waals surface area contributed by atoms with Gasteiger partial charge in [-0.3, -0.25) is 4.79 Å². The first kappa shape index (κ1) is 22.5. The zero-order valence-corrected chi connectivity index (χ0v) is 18.8. The maximum Gasteiger partial charge on any atom is 0.340 e. The first-order valence-electron chi connectivity index (χ1n) is 10.0. The van der Waals surface area contributed by atoms with E-state index in [1.807, 2.05) is 24.3 Å². The Morgan fingerprint density at radius 1 is 1.03 bits per heavy atom. The number of ether oxygens (including phenoxy) is 4. The van der Waals surface area contributed by atoms with E-state index in [4.69, 9.17) is 24.7 Å². The number of hydrogen-bond donors (Lipinski definition) is 1. The molecular formula is C24H21NO7S. The van der Waals surface area contributed by atoms with E-state index in [1.54, 1.807) is 24.3 Å². The zero-order valence-electron chi connectivity index (χ0n) is 18.0. The zero-order chi connectivity index (χ0) is 23.5. The van der Waals surface area contributed by atoms with E-state index in [0.29, 0.717) is 22.3 Å². The van der Waals surface area contributed by atoms with E-state index < -0.39 is 17.9 Å². The van der Waals surface area contributed by atoms with Gasteiger partial charge in [-0.25, -0.2) is 9.59 Å². The van der Waals surface area contributed by atoms with Crippen LogP contribution in [0, 0.1) is 0 Å². The second-order valence-electron chi connectivity index (χ2n) is 7.18. The minimum atomic E-state index is -0.844. The first-order chi connectivity index (χ1) is 16.0. The van der Waals surface area contributed by atoms with Gasteiger partial charge in [0.05, 0.1) is 30.8 Å². The van der Waals surface area contributed by atoms with Gasteiger partial charge < -0.3 is 24.7 Å². The fourth-order valence-electron chi connectivity index (χ4n) is 3.72. The van der Waals surface area contributed by atoms with Crippen molar-refractivity contribution < 1.29 is 28.5 Å². The molecule has 9 heteroatoms. The number of benzene rings is 2. The number of nitrogens with two attached hydrogens (primary N) is 1. The topological polar surface area (TPSA) is 114 Å². The molecule has 8 nitrogen and oxygen atoms in total. The van der Waals surface area contributed by atoms with Crippen molar-refractivity contribution >= 4 is 33.4 Å². The van der Waals surface area contributed by atoms with Crippen molar-refractivity contribution in [3.8, 4) is 5.75 Å². The summed E-state index contributed by atoms with van der Waals surface area (Å²) < 4.78 is 21.3. The summed E-state index contributed by atoms with van der Waals surface area (Å²) >= 11 is 1.06. The number of methoxy groups -OCH3 is 2. The van der Waals surface area contributed by atoms with E-state index in [0.717, 1.165) is 16.0 Å². The molecule has 1 unspecified atom stereocenters. The van der Waals surface area contributed by atoms with E-state index in [9.17, 15) is 14.4 Å². The predicted octanol–water partition coefficient (Wildman–Crippen LogP) is 2.93. The summed E-state index contributed by atoms with van der Waals surface area (Å²) in [5.41, 5.74) is 7.44. The van der Waals surface area contributed by atoms with Crippen LogP contribution in [0.15, 0.2) is 64.8 Å². The van der Waals surface area contributed by atoms with E-state index in [1.165, 1.54) is 14.2 Å². The Bertz CT molecular complexity index is 1310. The molecule has 1 aliphatic heterocycles. The summed E-state index contributed by atoms with van der Waals surface area (Å²) in [7, 11) is 2.78. The smallest absolute Gasteiger partial charge is 0.340 e. The highest BCUT2D eigenvalue weighted by molar-refractivity contribution is 7.16. The third-order valence-electron chi connectivity index (χ3n) is 5.26. The van der Waals surface area contributed by atoms with Gasteiger partial charge in [0.1, 0.15) is 17.9 Å². The van der Waals surface area contributed by atoms with Gasteiger partial charge in [-0.05, 0) is 29.8 Å². The molecule has 0 fully saturated rings. The van der Waals surface area contributed by atoms with Crippen LogP contribution in [0.1, 0.15) is 27.4 Å². The van der Waals surface area contributed by atoms with Crippen LogP contribution in [0.4, 0.5) is 0 Å². The maximum atomic E-state index is 13.2. The average Bonchev–Trinajstić information content (AvgIpc) is 2.83. The lowest BCUT2D eigenvalue weighted by Crippen LogP contribution is -2.31. The van der Waals surface area contributed by atoms with E-state index in [2.05, 4.69) is 0 Å². The fraction of sp³-hybridized carbons (Fsp3) is 0.208. The molecule has 0 amide bonds. The van der Waals surface area contributed by atoms with Gasteiger partial charge in [0, 0.05) is 17.2 Å². The third-order valence-corrected chi connectivity index (χ3v) is 6.24. The van der Waals surface area contributed by atoms with Crippen LogP contribution in [0.25, 0.3) is 10.1 Å². The second kappa shape index (κ2) is 9.43. The summed E-state index contributed by atoms with van der Waals surface area (Å²) in [6.45, 7) is 0.214. The predicted molar refractivity (Wildman–Crippen MR) is 122 cm³/mol. The molecule has 2 aromatic carbocycles. The van der Waals surface area contributed by atoms with Crippen LogP contribution in [0.2, 0.25) is 0 Å². The Morgan fingerprint density at radius 2 is 1.76 bits per heavy atom. The lowest BCUT2D eigenvalue weighted by molar-refractivity contribution is -0.140. The Morgan fingerprint density at radius 3 is 2.45 bits per heavy atom. The van der Waals surface area contributed by atoms with Crippen LogP contribution < -0.4 is 15.2 Å². The number of fused-ring (bicyclic) bond motifs is 3. The van der Waals surface area contributed by atoms with Gasteiger partial charge in [-0.2, -0.15) is 0 Å². The second-order valence-corrected chi connectivity index (χ2v) is 8.20. The molecule has 2 N–H and O–H groups in total. The minimum absolute atomic E-state index is 0.0115. The standard InChI is InChI=1S/C24H21NO7S/c1-29-11-12-31-23(27)19-17(13-7-9-14(10-8-13)22(26)30-2)18-20(32-21(19)25)15-5-3-4-6-16(15)33-24(18)28/h3-10,17H,11-12,25H2,1-2H3. The summed E-state index contributed by atoms with van der Waals surface area (Å²) in [6.07, 6.45) is 0. The molecule has 0 aliphatic carbocycles. The molecule has 0 saturated heterocycles. The number of hydrogen-bond acceptors (Lipinski definition) is 9. The molecule has 0 spiro atoms. The molecule has 0 bridgehead atoms. The number of rotatable bonds is 6. The van der Waals surface area contributed by atoms with Gasteiger partial charge in [0.2, 0.25) is 10.6 Å². The SMILES string of the molecule is COCCOC(=O)C1=C(N)Oc2c(c(=O)sc3ccccc23)C1c1ccc(C(=O)OC)cc1. The minimum Gasteiger partial charge on any atom is -0.465 e. The molecule has 4 rings (SSSR count). The third kappa shape index (κ3) is 4.20. The molecule has 0 radical (unpaired) electrons. The highest BCUT2D eigenvalue weighted by atomic mass is 32.1. The Balaban J connectivity index is 1.90. The summed E-state index contributed by atoms with van der Waals surface area (Å²) in [5.74, 6) is -1.89. The maximum absolute atomic E-state index is 13.2. The number of carbonyl (C=O) groups is 2. The van der Waals surface area contributed by atoms with Crippen molar-refractivity contribution in [2.45, 2.75) is 5.92 Å². The van der Waals surface area contributed by atoms with Gasteiger partial charge in [-0.1, -0.05) is 35.6 Å². The van der Waals surface area contributed by atoms with Crippen LogP contribution in [0.5, 0.6) is 5.75 Å². The molecule has 0 saturated carbocycles. The largest absolute Gasteiger partial charge is 0.465 e. The van der Waals surface area contributed by atoms with Crippen LogP contribution in [0.3, 0.4) is 0 Å². The van der Waals surface area contributed by atoms with Crippen LogP contribution in [-0.2, 0) is 19.0 Å². The quantitative estimate of drug-likeness (QED) is 0.435. The Labute approximate surface area is 193 Å². The Kier molecular flexibility index (Phi) is 6.43. The molecule has 1 atom stereocenters. The molecule has 170 valence electrons. The van der Waals surface area contributed by atoms with E-state index >= 15 is 0 Å². The highest BCUT2D eigenvalue weighted by Gasteiger charge is 2.38. The highest BCUT2D eigenvalue weighted by Crippen LogP contribution is 2.44. The van der Waals surface area contributed by atoms with Crippen molar-refractivity contribution in [2.75, 3.05) is 27.4 Å². The van der Waals surface area contributed by atoms with Crippen molar-refractivity contribution in [3.05, 3.63) is 86.2 Å². The van der Waals surface area contributed by atoms with E-state index in [-0.39, 0.29) is 35.0 Å². The molecule has 2 heterocycles. The summed E-state index contributed by atoms with van der Waals surface area (Å²) in [6, 6.07) is 13.7. The molecular weight excluding hydrogens is 446 g/mol. The molecule has 1 aromatic heterocycles. The van der Waals surface area contributed by atoms with Crippen LogP contribution >= 0.6 is 11.3 Å². The first-order valence-corrected chi connectivity index (χ1v) is 10.9. The lowest BCUT2D eigenvalue weighted by Gasteiger charge is -2.28. The molecule has 33 heavy (non-hydrogen) atoms. The monoisotopic (exact) mass is 467 g/mol. The fourth-order valence-corrected chi connectivity index (χ4v) is 4.66. The van der Waals surface area contributed by atoms with Crippen molar-refractivity contribution in [2.24, 2.45) is 5.73 Å². The Hall–Kier alpha value is -3.69. The lowest BCUT2D eigenvalue weighted by atomic mass is 9.83. The van der Waals surface area contributed by atoms with Gasteiger partial charge in [0.15, 0.2) is 0 Å². The van der Waals surface area contributed by atoms with Crippen LogP contribution in [-0.4, -0.2) is 39.4 Å². The van der Waals surface area contributed by atoms with Crippen molar-refractivity contribution in [1.29, 1.82) is 0 Å². The van der Waals surface area contributed by atoms with Gasteiger partial charge in [-0.15, -0.1) is 0 Å². The number of carbonyl (C=O) groups excluding carboxylic acids is 2. The van der Waals surface area contributed by atoms with Crippen molar-refractivity contribution in [1.82, 2.24) is 0 Å². The summed E-state index contributed by atoms with van der Waals surface area (Å²) in [4.78, 5) is 38.1. The summed E-state index contributed by atoms with van der Waals surface area (Å²) in [5, 5.41) is 0.711. The average molecular weight is 467 g/mol. The molecule has 1 aliphatic rings. The normalized spacial score (nSPS) is 15.0.